The molecule has 22 heavy (non-hydrogen) atoms. The number of para-hydroxylation sites is 2. The molecule has 0 bridgehead atoms. The van der Waals surface area contributed by atoms with Crippen LogP contribution < -0.4 is 4.90 Å². The van der Waals surface area contributed by atoms with Crippen molar-refractivity contribution in [3.8, 4) is 0 Å². The van der Waals surface area contributed by atoms with E-state index in [1.165, 1.54) is 18.2 Å². The molecular formula is C17H14N2O3. The molecule has 0 N–H and O–H groups in total. The zero-order chi connectivity index (χ0) is 15.5. The number of hydrogen-bond acceptors (Lipinski definition) is 3. The van der Waals surface area contributed by atoms with Crippen molar-refractivity contribution in [3.05, 3.63) is 75.8 Å². The van der Waals surface area contributed by atoms with E-state index in [4.69, 9.17) is 0 Å². The molecule has 0 unspecified atom stereocenters. The SMILES string of the molecule is O=C(/C=C/c1ccccc1[N+](=O)[O-])N1CCc2ccccc21. The quantitative estimate of drug-likeness (QED) is 0.496. The number of rotatable bonds is 3. The van der Waals surface area contributed by atoms with Gasteiger partial charge in [0.25, 0.3) is 11.6 Å². The Morgan fingerprint density at radius 1 is 1.14 bits per heavy atom. The maximum Gasteiger partial charge on any atom is 0.276 e. The van der Waals surface area contributed by atoms with Gasteiger partial charge in [0.05, 0.1) is 10.5 Å². The van der Waals surface area contributed by atoms with Crippen molar-refractivity contribution >= 4 is 23.4 Å². The highest BCUT2D eigenvalue weighted by Gasteiger charge is 2.22. The second kappa shape index (κ2) is 5.81. The van der Waals surface area contributed by atoms with Crippen LogP contribution in [0, 0.1) is 10.1 Å². The van der Waals surface area contributed by atoms with E-state index in [1.807, 2.05) is 24.3 Å². The van der Waals surface area contributed by atoms with Crippen LogP contribution in [0.5, 0.6) is 0 Å². The van der Waals surface area contributed by atoms with E-state index >= 15 is 0 Å². The second-order valence-corrected chi connectivity index (χ2v) is 5.02. The van der Waals surface area contributed by atoms with Crippen molar-refractivity contribution in [2.24, 2.45) is 0 Å². The minimum Gasteiger partial charge on any atom is -0.308 e. The largest absolute Gasteiger partial charge is 0.308 e. The highest BCUT2D eigenvalue weighted by molar-refractivity contribution is 6.05. The molecule has 1 aliphatic rings. The van der Waals surface area contributed by atoms with Crippen LogP contribution in [-0.2, 0) is 11.2 Å². The fraction of sp³-hybridized carbons (Fsp3) is 0.118. The Labute approximate surface area is 127 Å². The molecule has 0 saturated heterocycles. The van der Waals surface area contributed by atoms with Gasteiger partial charge < -0.3 is 4.90 Å². The summed E-state index contributed by atoms with van der Waals surface area (Å²) >= 11 is 0. The molecule has 0 spiro atoms. The van der Waals surface area contributed by atoms with Gasteiger partial charge in [-0.2, -0.15) is 0 Å². The number of nitro groups is 1. The molecule has 2 aromatic carbocycles. The summed E-state index contributed by atoms with van der Waals surface area (Å²) in [6, 6.07) is 14.1. The molecule has 2 aromatic rings. The number of hydrogen-bond donors (Lipinski definition) is 0. The van der Waals surface area contributed by atoms with Crippen molar-refractivity contribution in [1.29, 1.82) is 0 Å². The van der Waals surface area contributed by atoms with Gasteiger partial charge >= 0.3 is 0 Å². The van der Waals surface area contributed by atoms with E-state index < -0.39 is 4.92 Å². The topological polar surface area (TPSA) is 63.4 Å². The third-order valence-electron chi connectivity index (χ3n) is 3.69. The minimum atomic E-state index is -0.449. The van der Waals surface area contributed by atoms with E-state index in [0.717, 1.165) is 17.7 Å². The average Bonchev–Trinajstić information content (AvgIpc) is 2.97. The Morgan fingerprint density at radius 3 is 2.68 bits per heavy atom. The van der Waals surface area contributed by atoms with E-state index in [-0.39, 0.29) is 11.6 Å². The predicted octanol–water partition coefficient (Wildman–Crippen LogP) is 3.20. The fourth-order valence-corrected chi connectivity index (χ4v) is 2.61. The lowest BCUT2D eigenvalue weighted by Crippen LogP contribution is -2.26. The van der Waals surface area contributed by atoms with Gasteiger partial charge in [-0.15, -0.1) is 0 Å². The van der Waals surface area contributed by atoms with Crippen molar-refractivity contribution in [3.63, 3.8) is 0 Å². The number of nitro benzene ring substituents is 1. The van der Waals surface area contributed by atoms with Gasteiger partial charge in [-0.1, -0.05) is 30.3 Å². The van der Waals surface area contributed by atoms with Crippen LogP contribution in [0.15, 0.2) is 54.6 Å². The Kier molecular flexibility index (Phi) is 3.70. The number of nitrogens with zero attached hydrogens (tertiary/aromatic N) is 2. The zero-order valence-corrected chi connectivity index (χ0v) is 11.8. The molecule has 110 valence electrons. The molecule has 0 atom stereocenters. The third-order valence-corrected chi connectivity index (χ3v) is 3.69. The molecule has 0 saturated carbocycles. The summed E-state index contributed by atoms with van der Waals surface area (Å²) in [5.74, 6) is -0.164. The van der Waals surface area contributed by atoms with Crippen LogP contribution in [0.2, 0.25) is 0 Å². The fourth-order valence-electron chi connectivity index (χ4n) is 2.61. The lowest BCUT2D eigenvalue weighted by Gasteiger charge is -2.14. The highest BCUT2D eigenvalue weighted by atomic mass is 16.6. The van der Waals surface area contributed by atoms with E-state index in [9.17, 15) is 14.9 Å². The molecular weight excluding hydrogens is 280 g/mol. The van der Waals surface area contributed by atoms with E-state index in [2.05, 4.69) is 0 Å². The number of carbonyl (C=O) groups excluding carboxylic acids is 1. The van der Waals surface area contributed by atoms with Crippen LogP contribution >= 0.6 is 0 Å². The number of anilines is 1. The monoisotopic (exact) mass is 294 g/mol. The first kappa shape index (κ1) is 14.0. The van der Waals surface area contributed by atoms with Crippen LogP contribution in [0.4, 0.5) is 11.4 Å². The molecule has 0 aliphatic carbocycles. The molecule has 0 radical (unpaired) electrons. The molecule has 1 amide bonds. The minimum absolute atomic E-state index is 0.00614. The smallest absolute Gasteiger partial charge is 0.276 e. The number of fused-ring (bicyclic) bond motifs is 1. The van der Waals surface area contributed by atoms with Crippen LogP contribution in [0.1, 0.15) is 11.1 Å². The number of amides is 1. The molecule has 1 aliphatic heterocycles. The van der Waals surface area contributed by atoms with Gasteiger partial charge in [0.2, 0.25) is 0 Å². The average molecular weight is 294 g/mol. The first-order valence-corrected chi connectivity index (χ1v) is 6.98. The first-order chi connectivity index (χ1) is 10.7. The summed E-state index contributed by atoms with van der Waals surface area (Å²) in [6.45, 7) is 0.638. The molecule has 5 nitrogen and oxygen atoms in total. The van der Waals surface area contributed by atoms with Crippen molar-refractivity contribution in [1.82, 2.24) is 0 Å². The van der Waals surface area contributed by atoms with Gasteiger partial charge in [-0.25, -0.2) is 0 Å². The van der Waals surface area contributed by atoms with Crippen molar-refractivity contribution in [2.45, 2.75) is 6.42 Å². The number of benzene rings is 2. The predicted molar refractivity (Wildman–Crippen MR) is 84.6 cm³/mol. The zero-order valence-electron chi connectivity index (χ0n) is 11.8. The summed E-state index contributed by atoms with van der Waals surface area (Å²) in [6.07, 6.45) is 3.73. The summed E-state index contributed by atoms with van der Waals surface area (Å²) in [5.41, 5.74) is 2.48. The van der Waals surface area contributed by atoms with Gasteiger partial charge in [0.1, 0.15) is 0 Å². The molecule has 1 heterocycles. The van der Waals surface area contributed by atoms with Gasteiger partial charge in [0, 0.05) is 24.4 Å². The van der Waals surface area contributed by atoms with Gasteiger partial charge in [-0.3, -0.25) is 14.9 Å². The Hall–Kier alpha value is -2.95. The highest BCUT2D eigenvalue weighted by Crippen LogP contribution is 2.28. The third kappa shape index (κ3) is 2.61. The normalized spacial score (nSPS) is 13.4. The summed E-state index contributed by atoms with van der Waals surface area (Å²) < 4.78 is 0. The standard InChI is InChI=1S/C17H14N2O3/c20-17(18-12-11-14-6-1-3-7-15(14)18)10-9-13-5-2-4-8-16(13)19(21)22/h1-10H,11-12H2/b10-9+. The molecule has 0 aromatic heterocycles. The Morgan fingerprint density at radius 2 is 1.86 bits per heavy atom. The summed E-state index contributed by atoms with van der Waals surface area (Å²) in [5, 5.41) is 11.0. The second-order valence-electron chi connectivity index (χ2n) is 5.02. The lowest BCUT2D eigenvalue weighted by molar-refractivity contribution is -0.385. The maximum absolute atomic E-state index is 12.3. The lowest BCUT2D eigenvalue weighted by atomic mass is 10.1. The molecule has 5 heteroatoms. The molecule has 3 rings (SSSR count). The Balaban J connectivity index is 1.83. The van der Waals surface area contributed by atoms with Gasteiger partial charge in [0.15, 0.2) is 0 Å². The summed E-state index contributed by atoms with van der Waals surface area (Å²) in [7, 11) is 0. The summed E-state index contributed by atoms with van der Waals surface area (Å²) in [4.78, 5) is 24.5. The van der Waals surface area contributed by atoms with Crippen molar-refractivity contribution < 1.29 is 9.72 Å². The maximum atomic E-state index is 12.3. The van der Waals surface area contributed by atoms with Crippen LogP contribution in [-0.4, -0.2) is 17.4 Å². The first-order valence-electron chi connectivity index (χ1n) is 6.98. The van der Waals surface area contributed by atoms with Crippen LogP contribution in [0.25, 0.3) is 6.08 Å². The Bertz CT molecular complexity index is 768. The van der Waals surface area contributed by atoms with Crippen molar-refractivity contribution in [2.75, 3.05) is 11.4 Å². The van der Waals surface area contributed by atoms with E-state index in [0.29, 0.717) is 12.1 Å². The van der Waals surface area contributed by atoms with E-state index in [1.54, 1.807) is 23.1 Å². The number of carbonyl (C=O) groups is 1. The van der Waals surface area contributed by atoms with Gasteiger partial charge in [-0.05, 0) is 30.2 Å². The molecule has 0 fully saturated rings. The van der Waals surface area contributed by atoms with Crippen LogP contribution in [0.3, 0.4) is 0 Å².